The second-order valence-electron chi connectivity index (χ2n) is 5.57. The number of piperidine rings is 1. The summed E-state index contributed by atoms with van der Waals surface area (Å²) in [4.78, 5) is 16.3. The van der Waals surface area contributed by atoms with Crippen molar-refractivity contribution in [1.82, 2.24) is 20.8 Å². The van der Waals surface area contributed by atoms with Crippen molar-refractivity contribution in [3.8, 4) is 11.4 Å². The minimum Gasteiger partial charge on any atom is -0.354 e. The number of nitrogens with zero attached hydrogens (tertiary/aromatic N) is 2. The Balaban J connectivity index is 1.50. The van der Waals surface area contributed by atoms with E-state index >= 15 is 0 Å². The molecule has 0 spiro atoms. The summed E-state index contributed by atoms with van der Waals surface area (Å²) in [5, 5.41) is 10.7. The number of hydrogen-bond acceptors (Lipinski definition) is 5. The van der Waals surface area contributed by atoms with Crippen molar-refractivity contribution < 1.29 is 9.32 Å². The van der Waals surface area contributed by atoms with Gasteiger partial charge in [-0.05, 0) is 31.5 Å². The molecule has 23 heavy (non-hydrogen) atoms. The van der Waals surface area contributed by atoms with Gasteiger partial charge in [0.2, 0.25) is 17.6 Å². The van der Waals surface area contributed by atoms with Gasteiger partial charge in [0.05, 0.1) is 6.04 Å². The largest absolute Gasteiger partial charge is 0.354 e. The Morgan fingerprint density at radius 3 is 3.13 bits per heavy atom. The number of hydrogen-bond donors (Lipinski definition) is 2. The third-order valence-electron chi connectivity index (χ3n) is 3.82. The van der Waals surface area contributed by atoms with Gasteiger partial charge in [0.15, 0.2) is 0 Å². The number of halogens is 1. The molecule has 2 aromatic rings. The summed E-state index contributed by atoms with van der Waals surface area (Å²) in [5.74, 6) is 1.04. The molecule has 2 heterocycles. The minimum absolute atomic E-state index is 0.0410. The average Bonchev–Trinajstić information content (AvgIpc) is 3.04. The summed E-state index contributed by atoms with van der Waals surface area (Å²) in [5.41, 5.74) is 0.808. The molecule has 1 amide bonds. The lowest BCUT2D eigenvalue weighted by Crippen LogP contribution is -2.47. The van der Waals surface area contributed by atoms with Gasteiger partial charge in [-0.25, -0.2) is 0 Å². The first kappa shape index (κ1) is 16.0. The van der Waals surface area contributed by atoms with E-state index in [9.17, 15) is 4.79 Å². The van der Waals surface area contributed by atoms with Crippen LogP contribution in [0.3, 0.4) is 0 Å². The smallest absolute Gasteiger partial charge is 0.237 e. The molecule has 1 fully saturated rings. The average molecular weight is 335 g/mol. The molecule has 0 aliphatic carbocycles. The maximum atomic E-state index is 12.0. The quantitative estimate of drug-likeness (QED) is 0.876. The lowest BCUT2D eigenvalue weighted by Gasteiger charge is -2.22. The van der Waals surface area contributed by atoms with Crippen molar-refractivity contribution in [2.45, 2.75) is 31.7 Å². The standard InChI is InChI=1S/C16H19ClN4O2/c17-12-5-3-4-11(10-12)15-20-14(23-21-15)7-9-19-16(22)13-6-1-2-8-18-13/h3-5,10,13,18H,1-2,6-9H2,(H,19,22). The Morgan fingerprint density at radius 1 is 1.43 bits per heavy atom. The summed E-state index contributed by atoms with van der Waals surface area (Å²) in [6.07, 6.45) is 3.63. The van der Waals surface area contributed by atoms with Gasteiger partial charge in [0, 0.05) is 23.6 Å². The molecule has 0 bridgehead atoms. The highest BCUT2D eigenvalue weighted by atomic mass is 35.5. The molecule has 7 heteroatoms. The number of carbonyl (C=O) groups excluding carboxylic acids is 1. The van der Waals surface area contributed by atoms with Crippen LogP contribution >= 0.6 is 11.6 Å². The Kier molecular flexibility index (Phi) is 5.25. The first-order valence-electron chi connectivity index (χ1n) is 7.82. The topological polar surface area (TPSA) is 80.1 Å². The predicted octanol–water partition coefficient (Wildman–Crippen LogP) is 2.19. The maximum Gasteiger partial charge on any atom is 0.237 e. The fourth-order valence-corrected chi connectivity index (χ4v) is 2.78. The molecule has 2 N–H and O–H groups in total. The lowest BCUT2D eigenvalue weighted by atomic mass is 10.0. The highest BCUT2D eigenvalue weighted by Crippen LogP contribution is 2.19. The molecule has 1 saturated heterocycles. The van der Waals surface area contributed by atoms with Crippen LogP contribution in [0.15, 0.2) is 28.8 Å². The fourth-order valence-electron chi connectivity index (χ4n) is 2.59. The second-order valence-corrected chi connectivity index (χ2v) is 6.00. The van der Waals surface area contributed by atoms with Crippen LogP contribution in [-0.4, -0.2) is 35.2 Å². The predicted molar refractivity (Wildman–Crippen MR) is 87.1 cm³/mol. The van der Waals surface area contributed by atoms with E-state index in [0.717, 1.165) is 31.4 Å². The number of rotatable bonds is 5. The van der Waals surface area contributed by atoms with Crippen molar-refractivity contribution >= 4 is 17.5 Å². The van der Waals surface area contributed by atoms with Crippen molar-refractivity contribution in [3.05, 3.63) is 35.2 Å². The van der Waals surface area contributed by atoms with Crippen molar-refractivity contribution in [2.24, 2.45) is 0 Å². The third kappa shape index (κ3) is 4.30. The summed E-state index contributed by atoms with van der Waals surface area (Å²) in [6.45, 7) is 1.39. The van der Waals surface area contributed by atoms with Crippen LogP contribution in [0, 0.1) is 0 Å². The molecule has 1 aliphatic heterocycles. The van der Waals surface area contributed by atoms with Gasteiger partial charge in [-0.1, -0.05) is 35.3 Å². The molecule has 122 valence electrons. The van der Waals surface area contributed by atoms with Crippen LogP contribution < -0.4 is 10.6 Å². The zero-order valence-electron chi connectivity index (χ0n) is 12.7. The van der Waals surface area contributed by atoms with Gasteiger partial charge in [0.1, 0.15) is 0 Å². The fraction of sp³-hybridized carbons (Fsp3) is 0.438. The van der Waals surface area contributed by atoms with Crippen LogP contribution in [0.25, 0.3) is 11.4 Å². The molecular formula is C16H19ClN4O2. The summed E-state index contributed by atoms with van der Waals surface area (Å²) in [6, 6.07) is 7.21. The second kappa shape index (κ2) is 7.57. The summed E-state index contributed by atoms with van der Waals surface area (Å²) in [7, 11) is 0. The van der Waals surface area contributed by atoms with Crippen LogP contribution in [0.4, 0.5) is 0 Å². The van der Waals surface area contributed by atoms with Crippen LogP contribution in [0.1, 0.15) is 25.2 Å². The molecule has 1 unspecified atom stereocenters. The molecule has 3 rings (SSSR count). The van der Waals surface area contributed by atoms with E-state index in [1.54, 1.807) is 12.1 Å². The third-order valence-corrected chi connectivity index (χ3v) is 4.05. The summed E-state index contributed by atoms with van der Waals surface area (Å²) < 4.78 is 5.22. The molecule has 1 aromatic carbocycles. The molecule has 1 atom stereocenters. The Hall–Kier alpha value is -1.92. The van der Waals surface area contributed by atoms with E-state index in [2.05, 4.69) is 20.8 Å². The maximum absolute atomic E-state index is 12.0. The van der Waals surface area contributed by atoms with Crippen LogP contribution in [0.5, 0.6) is 0 Å². The normalized spacial score (nSPS) is 17.9. The van der Waals surface area contributed by atoms with E-state index < -0.39 is 0 Å². The Labute approximate surface area is 139 Å². The van der Waals surface area contributed by atoms with Gasteiger partial charge >= 0.3 is 0 Å². The highest BCUT2D eigenvalue weighted by molar-refractivity contribution is 6.30. The highest BCUT2D eigenvalue weighted by Gasteiger charge is 2.20. The molecule has 1 aliphatic rings. The van der Waals surface area contributed by atoms with Crippen LogP contribution in [-0.2, 0) is 11.2 Å². The number of amides is 1. The monoisotopic (exact) mass is 334 g/mol. The lowest BCUT2D eigenvalue weighted by molar-refractivity contribution is -0.123. The Morgan fingerprint density at radius 2 is 2.35 bits per heavy atom. The minimum atomic E-state index is -0.0755. The zero-order valence-corrected chi connectivity index (χ0v) is 13.5. The van der Waals surface area contributed by atoms with E-state index in [1.165, 1.54) is 0 Å². The van der Waals surface area contributed by atoms with E-state index in [1.807, 2.05) is 12.1 Å². The van der Waals surface area contributed by atoms with Crippen LogP contribution in [0.2, 0.25) is 5.02 Å². The van der Waals surface area contributed by atoms with Crippen molar-refractivity contribution in [3.63, 3.8) is 0 Å². The summed E-state index contributed by atoms with van der Waals surface area (Å²) >= 11 is 5.95. The van der Waals surface area contributed by atoms with Gasteiger partial charge in [-0.15, -0.1) is 0 Å². The SMILES string of the molecule is O=C(NCCc1nc(-c2cccc(Cl)c2)no1)C1CCCCN1. The van der Waals surface area contributed by atoms with Gasteiger partial charge in [0.25, 0.3) is 0 Å². The molecule has 6 nitrogen and oxygen atoms in total. The van der Waals surface area contributed by atoms with E-state index in [4.69, 9.17) is 16.1 Å². The first-order valence-corrected chi connectivity index (χ1v) is 8.20. The number of benzene rings is 1. The van der Waals surface area contributed by atoms with Crippen molar-refractivity contribution in [2.75, 3.05) is 13.1 Å². The number of nitrogens with one attached hydrogen (secondary N) is 2. The van der Waals surface area contributed by atoms with Gasteiger partial charge in [-0.2, -0.15) is 4.98 Å². The number of carbonyl (C=O) groups is 1. The van der Waals surface area contributed by atoms with Gasteiger partial charge < -0.3 is 15.2 Å². The zero-order chi connectivity index (χ0) is 16.1. The molecular weight excluding hydrogens is 316 g/mol. The van der Waals surface area contributed by atoms with E-state index in [0.29, 0.717) is 29.7 Å². The van der Waals surface area contributed by atoms with Gasteiger partial charge in [-0.3, -0.25) is 4.79 Å². The molecule has 0 saturated carbocycles. The van der Waals surface area contributed by atoms with Crippen molar-refractivity contribution in [1.29, 1.82) is 0 Å². The molecule has 1 aromatic heterocycles. The van der Waals surface area contributed by atoms with E-state index in [-0.39, 0.29) is 11.9 Å². The first-order chi connectivity index (χ1) is 11.2. The Bertz CT molecular complexity index is 668. The molecule has 0 radical (unpaired) electrons. The number of aromatic nitrogens is 2.